The molecule has 1 atom stereocenters. The zero-order chi connectivity index (χ0) is 10.3. The lowest BCUT2D eigenvalue weighted by Crippen LogP contribution is -2.51. The van der Waals surface area contributed by atoms with Gasteiger partial charge in [-0.1, -0.05) is 0 Å². The Morgan fingerprint density at radius 2 is 2.46 bits per heavy atom. The SMILES string of the molecule is CCOC(=O)C(NC#N)NC(=N)N. The molecule has 0 aliphatic heterocycles. The number of nitriles is 1. The van der Waals surface area contributed by atoms with Crippen LogP contribution in [-0.2, 0) is 9.53 Å². The van der Waals surface area contributed by atoms with Crippen molar-refractivity contribution in [2.45, 2.75) is 13.1 Å². The predicted octanol–water partition coefficient (Wildman–Crippen LogP) is -1.57. The highest BCUT2D eigenvalue weighted by Crippen LogP contribution is 1.84. The highest BCUT2D eigenvalue weighted by molar-refractivity contribution is 5.83. The number of guanidine groups is 1. The topological polar surface area (TPSA) is 124 Å². The molecule has 0 aromatic heterocycles. The van der Waals surface area contributed by atoms with Crippen LogP contribution in [0.5, 0.6) is 0 Å². The van der Waals surface area contributed by atoms with Gasteiger partial charge in [0.25, 0.3) is 0 Å². The van der Waals surface area contributed by atoms with Crippen LogP contribution >= 0.6 is 0 Å². The largest absolute Gasteiger partial charge is 0.463 e. The molecule has 0 saturated carbocycles. The van der Waals surface area contributed by atoms with E-state index in [-0.39, 0.29) is 6.61 Å². The molecule has 0 heterocycles. The fourth-order valence-electron chi connectivity index (χ4n) is 0.600. The second kappa shape index (κ2) is 5.65. The molecule has 0 saturated heterocycles. The van der Waals surface area contributed by atoms with Crippen molar-refractivity contribution in [1.82, 2.24) is 10.6 Å². The van der Waals surface area contributed by atoms with Crippen LogP contribution in [-0.4, -0.2) is 24.7 Å². The van der Waals surface area contributed by atoms with E-state index in [1.807, 2.05) is 0 Å². The minimum Gasteiger partial charge on any atom is -0.463 e. The van der Waals surface area contributed by atoms with Crippen LogP contribution in [0.25, 0.3) is 0 Å². The lowest BCUT2D eigenvalue weighted by molar-refractivity contribution is -0.145. The van der Waals surface area contributed by atoms with Gasteiger partial charge in [0.2, 0.25) is 6.17 Å². The maximum absolute atomic E-state index is 11.0. The van der Waals surface area contributed by atoms with E-state index in [0.29, 0.717) is 0 Å². The van der Waals surface area contributed by atoms with E-state index < -0.39 is 18.1 Å². The van der Waals surface area contributed by atoms with E-state index in [0.717, 1.165) is 0 Å². The highest BCUT2D eigenvalue weighted by Gasteiger charge is 2.18. The van der Waals surface area contributed by atoms with Crippen LogP contribution < -0.4 is 16.4 Å². The van der Waals surface area contributed by atoms with Crippen molar-refractivity contribution in [2.75, 3.05) is 6.61 Å². The molecule has 0 bridgehead atoms. The summed E-state index contributed by atoms with van der Waals surface area (Å²) in [5, 5.41) is 19.4. The van der Waals surface area contributed by atoms with Crippen molar-refractivity contribution in [1.29, 1.82) is 10.7 Å². The molecule has 0 aromatic rings. The van der Waals surface area contributed by atoms with Gasteiger partial charge in [-0.2, -0.15) is 5.26 Å². The van der Waals surface area contributed by atoms with Crippen molar-refractivity contribution in [3.8, 4) is 6.19 Å². The first-order chi connectivity index (χ1) is 6.11. The molecule has 72 valence electrons. The molecule has 5 N–H and O–H groups in total. The molecule has 13 heavy (non-hydrogen) atoms. The monoisotopic (exact) mass is 185 g/mol. The van der Waals surface area contributed by atoms with Gasteiger partial charge in [-0.15, -0.1) is 0 Å². The van der Waals surface area contributed by atoms with Crippen LogP contribution in [0.3, 0.4) is 0 Å². The number of rotatable bonds is 4. The summed E-state index contributed by atoms with van der Waals surface area (Å²) in [5.41, 5.74) is 4.97. The van der Waals surface area contributed by atoms with E-state index in [4.69, 9.17) is 16.4 Å². The Morgan fingerprint density at radius 1 is 1.85 bits per heavy atom. The van der Waals surface area contributed by atoms with E-state index >= 15 is 0 Å². The summed E-state index contributed by atoms with van der Waals surface area (Å²) in [6.07, 6.45) is 0.452. The van der Waals surface area contributed by atoms with Crippen molar-refractivity contribution in [3.05, 3.63) is 0 Å². The number of ether oxygens (including phenoxy) is 1. The van der Waals surface area contributed by atoms with E-state index in [1.165, 1.54) is 0 Å². The molecule has 0 fully saturated rings. The molecular weight excluding hydrogens is 174 g/mol. The van der Waals surface area contributed by atoms with Crippen molar-refractivity contribution >= 4 is 11.9 Å². The average Bonchev–Trinajstić information content (AvgIpc) is 2.03. The summed E-state index contributed by atoms with van der Waals surface area (Å²) < 4.78 is 4.59. The van der Waals surface area contributed by atoms with Gasteiger partial charge in [-0.3, -0.25) is 10.7 Å². The van der Waals surface area contributed by atoms with Gasteiger partial charge in [0, 0.05) is 0 Å². The summed E-state index contributed by atoms with van der Waals surface area (Å²) >= 11 is 0. The molecule has 0 aromatic carbocycles. The Morgan fingerprint density at radius 3 is 2.85 bits per heavy atom. The Balaban J connectivity index is 4.16. The molecular formula is C6H11N5O2. The predicted molar refractivity (Wildman–Crippen MR) is 44.2 cm³/mol. The van der Waals surface area contributed by atoms with Gasteiger partial charge in [0.1, 0.15) is 0 Å². The van der Waals surface area contributed by atoms with Gasteiger partial charge in [0.05, 0.1) is 6.61 Å². The number of nitrogens with two attached hydrogens (primary N) is 1. The molecule has 0 rings (SSSR count). The smallest absolute Gasteiger partial charge is 0.350 e. The number of hydrogen-bond donors (Lipinski definition) is 4. The normalized spacial score (nSPS) is 10.8. The summed E-state index contributed by atoms with van der Waals surface area (Å²) in [4.78, 5) is 11.0. The zero-order valence-electron chi connectivity index (χ0n) is 7.13. The molecule has 1 unspecified atom stereocenters. The minimum absolute atomic E-state index is 0.196. The van der Waals surface area contributed by atoms with Crippen LogP contribution in [0.15, 0.2) is 0 Å². The van der Waals surface area contributed by atoms with Gasteiger partial charge in [-0.05, 0) is 6.92 Å². The minimum atomic E-state index is -1.09. The number of nitrogens with zero attached hydrogens (tertiary/aromatic N) is 1. The highest BCUT2D eigenvalue weighted by atomic mass is 16.5. The number of hydrogen-bond acceptors (Lipinski definition) is 5. The lowest BCUT2D eigenvalue weighted by Gasteiger charge is -2.14. The average molecular weight is 185 g/mol. The number of esters is 1. The maximum Gasteiger partial charge on any atom is 0.350 e. The van der Waals surface area contributed by atoms with Crippen LogP contribution in [0.1, 0.15) is 6.92 Å². The van der Waals surface area contributed by atoms with Crippen LogP contribution in [0, 0.1) is 16.9 Å². The van der Waals surface area contributed by atoms with E-state index in [2.05, 4.69) is 15.4 Å². The first-order valence-electron chi connectivity index (χ1n) is 3.53. The van der Waals surface area contributed by atoms with Crippen LogP contribution in [0.2, 0.25) is 0 Å². The molecule has 0 aliphatic carbocycles. The van der Waals surface area contributed by atoms with Gasteiger partial charge in [-0.25, -0.2) is 4.79 Å². The Bertz CT molecular complexity index is 234. The third-order valence-electron chi connectivity index (χ3n) is 1.03. The Hall–Kier alpha value is -1.97. The Labute approximate surface area is 75.4 Å². The fraction of sp³-hybridized carbons (Fsp3) is 0.500. The van der Waals surface area contributed by atoms with Crippen molar-refractivity contribution in [3.63, 3.8) is 0 Å². The fourth-order valence-corrected chi connectivity index (χ4v) is 0.600. The van der Waals surface area contributed by atoms with Crippen molar-refractivity contribution in [2.24, 2.45) is 5.73 Å². The molecule has 7 nitrogen and oxygen atoms in total. The van der Waals surface area contributed by atoms with Gasteiger partial charge >= 0.3 is 5.97 Å². The van der Waals surface area contributed by atoms with Gasteiger partial charge in [0.15, 0.2) is 12.2 Å². The number of carbonyl (C=O) groups is 1. The van der Waals surface area contributed by atoms with Crippen LogP contribution in [0.4, 0.5) is 0 Å². The standard InChI is InChI=1S/C6H11N5O2/c1-2-13-5(12)4(10-3-7)11-6(8)9/h4,10H,2H2,1H3,(H4,8,9,11). The first-order valence-corrected chi connectivity index (χ1v) is 3.53. The first kappa shape index (κ1) is 11.0. The third-order valence-corrected chi connectivity index (χ3v) is 1.03. The van der Waals surface area contributed by atoms with E-state index in [1.54, 1.807) is 13.1 Å². The summed E-state index contributed by atoms with van der Waals surface area (Å²) in [6, 6.07) is 0. The van der Waals surface area contributed by atoms with E-state index in [9.17, 15) is 4.79 Å². The maximum atomic E-state index is 11.0. The number of nitrogens with one attached hydrogen (secondary N) is 3. The summed E-state index contributed by atoms with van der Waals surface area (Å²) in [7, 11) is 0. The van der Waals surface area contributed by atoms with Gasteiger partial charge < -0.3 is 15.8 Å². The number of carbonyl (C=O) groups excluding carboxylic acids is 1. The summed E-state index contributed by atoms with van der Waals surface area (Å²) in [5.74, 6) is -1.10. The molecule has 7 heteroatoms. The molecule has 0 aliphatic rings. The second-order valence-electron chi connectivity index (χ2n) is 2.00. The molecule has 0 radical (unpaired) electrons. The zero-order valence-corrected chi connectivity index (χ0v) is 7.13. The molecule has 0 amide bonds. The quantitative estimate of drug-likeness (QED) is 0.105. The lowest BCUT2D eigenvalue weighted by atomic mass is 10.5. The second-order valence-corrected chi connectivity index (χ2v) is 2.00. The third kappa shape index (κ3) is 4.47. The van der Waals surface area contributed by atoms with Crippen molar-refractivity contribution < 1.29 is 9.53 Å². The Kier molecular flexibility index (Phi) is 4.79. The summed E-state index contributed by atoms with van der Waals surface area (Å²) in [6.45, 7) is 1.83. The molecule has 0 spiro atoms.